The van der Waals surface area contributed by atoms with Crippen molar-refractivity contribution < 1.29 is 9.00 Å². The Morgan fingerprint density at radius 2 is 1.80 bits per heavy atom. The van der Waals surface area contributed by atoms with Crippen molar-refractivity contribution >= 4 is 34.4 Å². The predicted molar refractivity (Wildman–Crippen MR) is 102 cm³/mol. The fraction of sp³-hybridized carbons (Fsp3) is 0.316. The van der Waals surface area contributed by atoms with Crippen LogP contribution >= 0.6 is 11.6 Å². The highest BCUT2D eigenvalue weighted by atomic mass is 35.5. The summed E-state index contributed by atoms with van der Waals surface area (Å²) in [6.45, 7) is 2.31. The number of hydrogen-bond donors (Lipinski definition) is 1. The molecule has 0 radical (unpaired) electrons. The minimum Gasteiger partial charge on any atom is -0.381 e. The van der Waals surface area contributed by atoms with Crippen LogP contribution in [0.3, 0.4) is 0 Å². The number of piperidine rings is 1. The molecule has 4 nitrogen and oxygen atoms in total. The highest BCUT2D eigenvalue weighted by Crippen LogP contribution is 2.27. The number of benzene rings is 2. The van der Waals surface area contributed by atoms with Crippen LogP contribution in [0, 0.1) is 0 Å². The first-order chi connectivity index (χ1) is 12.2. The third kappa shape index (κ3) is 4.69. The summed E-state index contributed by atoms with van der Waals surface area (Å²) in [6, 6.07) is 15.2. The SMILES string of the molecule is O=CCN1CCC(Nc2ccccc2S(=O)c2ccc(Cl)cc2)CC1. The Kier molecular flexibility index (Phi) is 6.24. The molecule has 1 aliphatic heterocycles. The van der Waals surface area contributed by atoms with E-state index in [2.05, 4.69) is 10.2 Å². The van der Waals surface area contributed by atoms with Crippen LogP contribution in [0.15, 0.2) is 58.3 Å². The van der Waals surface area contributed by atoms with Gasteiger partial charge >= 0.3 is 0 Å². The van der Waals surface area contributed by atoms with Crippen LogP contribution in [0.4, 0.5) is 5.69 Å². The molecule has 132 valence electrons. The van der Waals surface area contributed by atoms with Crippen LogP contribution in [-0.4, -0.2) is 41.1 Å². The van der Waals surface area contributed by atoms with Crippen LogP contribution in [0.25, 0.3) is 0 Å². The molecule has 2 aromatic carbocycles. The molecule has 0 saturated carbocycles. The van der Waals surface area contributed by atoms with Gasteiger partial charge in [-0.25, -0.2) is 4.21 Å². The van der Waals surface area contributed by atoms with E-state index < -0.39 is 10.8 Å². The quantitative estimate of drug-likeness (QED) is 0.783. The minimum atomic E-state index is -1.26. The van der Waals surface area contributed by atoms with E-state index in [0.717, 1.165) is 47.7 Å². The molecule has 1 unspecified atom stereocenters. The Hall–Kier alpha value is -1.69. The van der Waals surface area contributed by atoms with Gasteiger partial charge in [-0.2, -0.15) is 0 Å². The summed E-state index contributed by atoms with van der Waals surface area (Å²) >= 11 is 5.92. The molecular weight excluding hydrogens is 356 g/mol. The van der Waals surface area contributed by atoms with Gasteiger partial charge in [0.25, 0.3) is 0 Å². The molecule has 1 saturated heterocycles. The average Bonchev–Trinajstić information content (AvgIpc) is 2.64. The van der Waals surface area contributed by atoms with Crippen LogP contribution < -0.4 is 5.32 Å². The Balaban J connectivity index is 1.72. The third-order valence-corrected chi connectivity index (χ3v) is 6.10. The van der Waals surface area contributed by atoms with E-state index in [4.69, 9.17) is 11.6 Å². The second-order valence-corrected chi connectivity index (χ2v) is 7.99. The molecule has 0 bridgehead atoms. The summed E-state index contributed by atoms with van der Waals surface area (Å²) in [6.07, 6.45) is 2.89. The number of rotatable bonds is 6. The molecule has 1 heterocycles. The molecule has 1 atom stereocenters. The summed E-state index contributed by atoms with van der Waals surface area (Å²) < 4.78 is 12.9. The van der Waals surface area contributed by atoms with Crippen LogP contribution in [0.1, 0.15) is 12.8 Å². The van der Waals surface area contributed by atoms with Crippen molar-refractivity contribution in [3.8, 4) is 0 Å². The Morgan fingerprint density at radius 3 is 2.48 bits per heavy atom. The van der Waals surface area contributed by atoms with Crippen molar-refractivity contribution in [2.45, 2.75) is 28.7 Å². The van der Waals surface area contributed by atoms with Crippen LogP contribution in [0.5, 0.6) is 0 Å². The van der Waals surface area contributed by atoms with Gasteiger partial charge in [0, 0.05) is 29.0 Å². The number of nitrogens with zero attached hydrogens (tertiary/aromatic N) is 1. The Bertz CT molecular complexity index is 743. The molecule has 1 fully saturated rings. The molecule has 2 aromatic rings. The highest BCUT2D eigenvalue weighted by Gasteiger charge is 2.20. The largest absolute Gasteiger partial charge is 0.381 e. The Labute approximate surface area is 155 Å². The van der Waals surface area contributed by atoms with Gasteiger partial charge in [-0.1, -0.05) is 23.7 Å². The van der Waals surface area contributed by atoms with Gasteiger partial charge in [-0.3, -0.25) is 4.90 Å². The van der Waals surface area contributed by atoms with Crippen molar-refractivity contribution in [3.05, 3.63) is 53.6 Å². The van der Waals surface area contributed by atoms with E-state index in [9.17, 15) is 9.00 Å². The fourth-order valence-electron chi connectivity index (χ4n) is 3.02. The van der Waals surface area contributed by atoms with E-state index in [1.54, 1.807) is 24.3 Å². The van der Waals surface area contributed by atoms with Gasteiger partial charge < -0.3 is 10.1 Å². The number of para-hydroxylation sites is 1. The number of hydrogen-bond acceptors (Lipinski definition) is 4. The van der Waals surface area contributed by atoms with Gasteiger partial charge in [0.15, 0.2) is 0 Å². The second-order valence-electron chi connectivity index (χ2n) is 6.10. The van der Waals surface area contributed by atoms with E-state index in [0.29, 0.717) is 17.6 Å². The summed E-state index contributed by atoms with van der Waals surface area (Å²) in [5, 5.41) is 4.17. The normalized spacial score (nSPS) is 17.2. The lowest BCUT2D eigenvalue weighted by Gasteiger charge is -2.32. The smallest absolute Gasteiger partial charge is 0.133 e. The second kappa shape index (κ2) is 8.61. The van der Waals surface area contributed by atoms with E-state index >= 15 is 0 Å². The predicted octanol–water partition coefficient (Wildman–Crippen LogP) is 3.58. The number of anilines is 1. The van der Waals surface area contributed by atoms with Crippen LogP contribution in [-0.2, 0) is 15.6 Å². The molecule has 0 spiro atoms. The molecule has 0 aromatic heterocycles. The van der Waals surface area contributed by atoms with Gasteiger partial charge in [-0.05, 0) is 49.2 Å². The summed E-state index contributed by atoms with van der Waals surface area (Å²) in [4.78, 5) is 14.3. The van der Waals surface area contributed by atoms with Gasteiger partial charge in [0.05, 0.1) is 27.9 Å². The molecule has 0 amide bonds. The molecular formula is C19H21ClN2O2S. The van der Waals surface area contributed by atoms with E-state index in [-0.39, 0.29) is 0 Å². The number of aldehydes is 1. The number of nitrogens with one attached hydrogen (secondary N) is 1. The lowest BCUT2D eigenvalue weighted by atomic mass is 10.0. The lowest BCUT2D eigenvalue weighted by Crippen LogP contribution is -2.40. The standard InChI is InChI=1S/C19H21ClN2O2S/c20-15-5-7-17(8-6-15)25(24)19-4-2-1-3-18(19)21-16-9-11-22(12-10-16)13-14-23/h1-8,14,16,21H,9-13H2. The van der Waals surface area contributed by atoms with Gasteiger partial charge in [0.1, 0.15) is 6.29 Å². The molecule has 1 aliphatic rings. The molecule has 25 heavy (non-hydrogen) atoms. The summed E-state index contributed by atoms with van der Waals surface area (Å²) in [5.41, 5.74) is 0.907. The van der Waals surface area contributed by atoms with Gasteiger partial charge in [-0.15, -0.1) is 0 Å². The fourth-order valence-corrected chi connectivity index (χ4v) is 4.31. The number of likely N-dealkylation sites (tertiary alicyclic amines) is 1. The zero-order valence-electron chi connectivity index (χ0n) is 13.9. The average molecular weight is 377 g/mol. The molecule has 6 heteroatoms. The molecule has 3 rings (SSSR count). The molecule has 1 N–H and O–H groups in total. The number of carbonyl (C=O) groups is 1. The lowest BCUT2D eigenvalue weighted by molar-refractivity contribution is -0.109. The van der Waals surface area contributed by atoms with Gasteiger partial charge in [0.2, 0.25) is 0 Å². The highest BCUT2D eigenvalue weighted by molar-refractivity contribution is 7.85. The topological polar surface area (TPSA) is 49.4 Å². The first-order valence-electron chi connectivity index (χ1n) is 8.36. The zero-order valence-corrected chi connectivity index (χ0v) is 15.4. The Morgan fingerprint density at radius 1 is 1.12 bits per heavy atom. The van der Waals surface area contributed by atoms with Crippen molar-refractivity contribution in [2.24, 2.45) is 0 Å². The monoisotopic (exact) mass is 376 g/mol. The van der Waals surface area contributed by atoms with Crippen molar-refractivity contribution in [2.75, 3.05) is 25.0 Å². The first-order valence-corrected chi connectivity index (χ1v) is 9.89. The number of halogens is 1. The first kappa shape index (κ1) is 18.1. The third-order valence-electron chi connectivity index (χ3n) is 4.39. The maximum atomic E-state index is 12.9. The van der Waals surface area contributed by atoms with Crippen molar-refractivity contribution in [1.29, 1.82) is 0 Å². The summed E-state index contributed by atoms with van der Waals surface area (Å²) in [7, 11) is -1.26. The maximum Gasteiger partial charge on any atom is 0.133 e. The maximum absolute atomic E-state index is 12.9. The minimum absolute atomic E-state index is 0.325. The zero-order chi connectivity index (χ0) is 17.6. The summed E-state index contributed by atoms with van der Waals surface area (Å²) in [5.74, 6) is 0. The number of carbonyl (C=O) groups excluding carboxylic acids is 1. The molecule has 0 aliphatic carbocycles. The van der Waals surface area contributed by atoms with E-state index in [1.165, 1.54) is 0 Å². The van der Waals surface area contributed by atoms with Crippen molar-refractivity contribution in [1.82, 2.24) is 4.90 Å². The van der Waals surface area contributed by atoms with Crippen LogP contribution in [0.2, 0.25) is 5.02 Å². The van der Waals surface area contributed by atoms with Crippen molar-refractivity contribution in [3.63, 3.8) is 0 Å². The van der Waals surface area contributed by atoms with E-state index in [1.807, 2.05) is 24.3 Å².